The third-order valence-electron chi connectivity index (χ3n) is 5.40. The number of nitrogens with two attached hydrogens (primary N) is 1. The number of carbonyl (C=O) groups is 1. The molecule has 9 nitrogen and oxygen atoms in total. The lowest BCUT2D eigenvalue weighted by Crippen LogP contribution is -2.12. The Labute approximate surface area is 179 Å². The Kier molecular flexibility index (Phi) is 5.64. The van der Waals surface area contributed by atoms with Crippen LogP contribution in [0, 0.1) is 11.3 Å². The molecule has 3 aromatic heterocycles. The van der Waals surface area contributed by atoms with E-state index in [4.69, 9.17) is 20.7 Å². The molecule has 0 unspecified atom stereocenters. The van der Waals surface area contributed by atoms with Crippen LogP contribution in [0.15, 0.2) is 24.5 Å². The molecular formula is C22H23N7O2. The molecule has 0 saturated carbocycles. The second kappa shape index (κ2) is 8.53. The first-order valence-corrected chi connectivity index (χ1v) is 10.1. The summed E-state index contributed by atoms with van der Waals surface area (Å²) in [4.78, 5) is 17.8. The summed E-state index contributed by atoms with van der Waals surface area (Å²) in [6.45, 7) is 3.73. The van der Waals surface area contributed by atoms with Gasteiger partial charge in [0, 0.05) is 43.5 Å². The average molecular weight is 417 g/mol. The van der Waals surface area contributed by atoms with Crippen LogP contribution in [-0.2, 0) is 30.7 Å². The van der Waals surface area contributed by atoms with Crippen LogP contribution in [0.1, 0.15) is 35.7 Å². The van der Waals surface area contributed by atoms with Crippen molar-refractivity contribution in [3.63, 3.8) is 0 Å². The molecule has 0 radical (unpaired) electrons. The van der Waals surface area contributed by atoms with E-state index in [0.717, 1.165) is 79.6 Å². The number of nitrogens with one attached hydrogen (secondary N) is 1. The van der Waals surface area contributed by atoms with E-state index in [1.165, 1.54) is 5.56 Å². The number of pyridine rings is 2. The number of aromatic nitrogens is 4. The molecule has 0 fully saturated rings. The first kappa shape index (κ1) is 20.5. The summed E-state index contributed by atoms with van der Waals surface area (Å²) in [7, 11) is 0. The molecule has 0 saturated heterocycles. The van der Waals surface area contributed by atoms with E-state index in [-0.39, 0.29) is 5.82 Å². The zero-order valence-corrected chi connectivity index (χ0v) is 17.2. The van der Waals surface area contributed by atoms with Gasteiger partial charge in [0.1, 0.15) is 17.5 Å². The van der Waals surface area contributed by atoms with Crippen LogP contribution in [0.5, 0.6) is 0 Å². The van der Waals surface area contributed by atoms with Crippen LogP contribution in [0.4, 0.5) is 5.82 Å². The molecule has 0 aromatic carbocycles. The SMILES string of the molecule is CC(=O)O.N#Cc1c(N)nc2c(c1-c1cc3n(n1)CCCNC3)CCc1ccncc1-2. The molecular weight excluding hydrogens is 394 g/mol. The highest BCUT2D eigenvalue weighted by molar-refractivity contribution is 5.84. The Morgan fingerprint density at radius 2 is 2.19 bits per heavy atom. The minimum Gasteiger partial charge on any atom is -0.481 e. The number of nitriles is 1. The maximum Gasteiger partial charge on any atom is 0.300 e. The van der Waals surface area contributed by atoms with Crippen molar-refractivity contribution in [2.75, 3.05) is 12.3 Å². The van der Waals surface area contributed by atoms with Gasteiger partial charge in [-0.3, -0.25) is 14.5 Å². The second-order valence-electron chi connectivity index (χ2n) is 7.51. The second-order valence-corrected chi connectivity index (χ2v) is 7.51. The van der Waals surface area contributed by atoms with Gasteiger partial charge in [-0.15, -0.1) is 0 Å². The molecule has 2 aliphatic rings. The number of fused-ring (bicyclic) bond motifs is 4. The van der Waals surface area contributed by atoms with Crippen LogP contribution in [-0.4, -0.2) is 37.4 Å². The zero-order valence-electron chi connectivity index (χ0n) is 17.2. The Balaban J connectivity index is 0.000000535. The van der Waals surface area contributed by atoms with E-state index in [1.54, 1.807) is 6.20 Å². The van der Waals surface area contributed by atoms with Gasteiger partial charge in [-0.25, -0.2) is 4.98 Å². The molecule has 3 aromatic rings. The summed E-state index contributed by atoms with van der Waals surface area (Å²) in [5.41, 5.74) is 13.5. The molecule has 158 valence electrons. The Morgan fingerprint density at radius 1 is 1.39 bits per heavy atom. The largest absolute Gasteiger partial charge is 0.481 e. The molecule has 1 aliphatic carbocycles. The molecule has 5 rings (SSSR count). The smallest absolute Gasteiger partial charge is 0.300 e. The highest BCUT2D eigenvalue weighted by atomic mass is 16.4. The van der Waals surface area contributed by atoms with Crippen molar-refractivity contribution in [2.24, 2.45) is 0 Å². The number of carboxylic acid groups (broad SMARTS) is 1. The Bertz CT molecular complexity index is 1170. The van der Waals surface area contributed by atoms with Crippen LogP contribution in [0.25, 0.3) is 22.5 Å². The predicted octanol–water partition coefficient (Wildman–Crippen LogP) is 2.14. The van der Waals surface area contributed by atoms with E-state index in [0.29, 0.717) is 5.56 Å². The summed E-state index contributed by atoms with van der Waals surface area (Å²) in [5, 5.41) is 25.4. The van der Waals surface area contributed by atoms with Gasteiger partial charge in [0.05, 0.1) is 17.1 Å². The van der Waals surface area contributed by atoms with Crippen LogP contribution >= 0.6 is 0 Å². The van der Waals surface area contributed by atoms with Crippen LogP contribution in [0.3, 0.4) is 0 Å². The fourth-order valence-electron chi connectivity index (χ4n) is 4.10. The van der Waals surface area contributed by atoms with E-state index >= 15 is 0 Å². The molecule has 1 aliphatic heterocycles. The molecule has 31 heavy (non-hydrogen) atoms. The normalized spacial score (nSPS) is 14.1. The minimum atomic E-state index is -0.833. The van der Waals surface area contributed by atoms with Gasteiger partial charge in [-0.1, -0.05) is 0 Å². The van der Waals surface area contributed by atoms with E-state index < -0.39 is 5.97 Å². The topological polar surface area (TPSA) is 143 Å². The summed E-state index contributed by atoms with van der Waals surface area (Å²) < 4.78 is 2.04. The third-order valence-corrected chi connectivity index (χ3v) is 5.40. The third kappa shape index (κ3) is 3.98. The number of aryl methyl sites for hydroxylation is 2. The number of nitrogens with zero attached hydrogens (tertiary/aromatic N) is 5. The monoisotopic (exact) mass is 417 g/mol. The van der Waals surface area contributed by atoms with Gasteiger partial charge in [0.25, 0.3) is 5.97 Å². The van der Waals surface area contributed by atoms with Gasteiger partial charge in [0.15, 0.2) is 0 Å². The van der Waals surface area contributed by atoms with E-state index in [9.17, 15) is 5.26 Å². The first-order valence-electron chi connectivity index (χ1n) is 10.1. The maximum absolute atomic E-state index is 9.78. The number of hydrogen-bond acceptors (Lipinski definition) is 7. The number of aliphatic carboxylic acids is 1. The maximum atomic E-state index is 9.78. The predicted molar refractivity (Wildman–Crippen MR) is 115 cm³/mol. The van der Waals surface area contributed by atoms with Crippen molar-refractivity contribution in [3.8, 4) is 28.6 Å². The Hall–Kier alpha value is -3.77. The average Bonchev–Trinajstić information content (AvgIpc) is 3.02. The summed E-state index contributed by atoms with van der Waals surface area (Å²) in [5.74, 6) is -0.579. The fourth-order valence-corrected chi connectivity index (χ4v) is 4.10. The van der Waals surface area contributed by atoms with E-state index in [2.05, 4.69) is 27.4 Å². The zero-order chi connectivity index (χ0) is 22.0. The quantitative estimate of drug-likeness (QED) is 0.546. The lowest BCUT2D eigenvalue weighted by molar-refractivity contribution is -0.134. The number of rotatable bonds is 1. The molecule has 0 atom stereocenters. The lowest BCUT2D eigenvalue weighted by Gasteiger charge is -2.22. The van der Waals surface area contributed by atoms with Gasteiger partial charge in [0.2, 0.25) is 0 Å². The first-order chi connectivity index (χ1) is 15.0. The van der Waals surface area contributed by atoms with Crippen molar-refractivity contribution in [2.45, 2.75) is 39.3 Å². The van der Waals surface area contributed by atoms with Gasteiger partial charge >= 0.3 is 0 Å². The van der Waals surface area contributed by atoms with Crippen molar-refractivity contribution in [1.82, 2.24) is 25.1 Å². The minimum absolute atomic E-state index is 0.254. The van der Waals surface area contributed by atoms with Crippen molar-refractivity contribution >= 4 is 11.8 Å². The Morgan fingerprint density at radius 3 is 2.97 bits per heavy atom. The van der Waals surface area contributed by atoms with Crippen LogP contribution < -0.4 is 11.1 Å². The van der Waals surface area contributed by atoms with E-state index in [1.807, 2.05) is 16.9 Å². The molecule has 0 spiro atoms. The van der Waals surface area contributed by atoms with Gasteiger partial charge in [-0.05, 0) is 49.1 Å². The summed E-state index contributed by atoms with van der Waals surface area (Å²) in [6, 6.07) is 6.36. The molecule has 4 heterocycles. The standard InChI is InChI=1S/C20H19N7.C2H4O2/c21-9-15-18(17-8-13-10-23-5-1-7-27(13)26-17)14-3-2-12-4-6-24-11-16(12)19(14)25-20(15)22;1-2(3)4/h4,6,8,11,23H,1-3,5,7,10H2,(H2,22,25);1H3,(H,3,4). The van der Waals surface area contributed by atoms with Gasteiger partial charge in [-0.2, -0.15) is 10.4 Å². The number of nitrogen functional groups attached to an aromatic ring is 1. The van der Waals surface area contributed by atoms with Crippen molar-refractivity contribution in [1.29, 1.82) is 5.26 Å². The van der Waals surface area contributed by atoms with Crippen molar-refractivity contribution in [3.05, 3.63) is 46.9 Å². The molecule has 9 heteroatoms. The molecule has 0 bridgehead atoms. The molecule has 0 amide bonds. The number of hydrogen-bond donors (Lipinski definition) is 3. The lowest BCUT2D eigenvalue weighted by atomic mass is 9.85. The number of anilines is 1. The summed E-state index contributed by atoms with van der Waals surface area (Å²) in [6.07, 6.45) is 6.38. The highest BCUT2D eigenvalue weighted by Gasteiger charge is 2.27. The van der Waals surface area contributed by atoms with Gasteiger partial charge < -0.3 is 16.2 Å². The molecule has 4 N–H and O–H groups in total. The van der Waals surface area contributed by atoms with Crippen molar-refractivity contribution < 1.29 is 9.90 Å². The fraction of sp³-hybridized carbons (Fsp3) is 0.318. The highest BCUT2D eigenvalue weighted by Crippen LogP contribution is 2.40. The number of carboxylic acids is 1. The van der Waals surface area contributed by atoms with Crippen LogP contribution in [0.2, 0.25) is 0 Å². The summed E-state index contributed by atoms with van der Waals surface area (Å²) >= 11 is 0.